The number of carbonyl (C=O) groups excluding carboxylic acids is 2. The SMILES string of the molecule is Cc1nn(-c2ccccc2)c(C)c1NC(=O)COC(=O)c1cc2c(F)cccc2s1. The Kier molecular flexibility index (Phi) is 5.33. The molecule has 0 aliphatic heterocycles. The van der Waals surface area contributed by atoms with Crippen molar-refractivity contribution in [3.63, 3.8) is 0 Å². The molecule has 4 aromatic rings. The summed E-state index contributed by atoms with van der Waals surface area (Å²) in [5.74, 6) is -1.55. The number of amides is 1. The van der Waals surface area contributed by atoms with Crippen LogP contribution >= 0.6 is 11.3 Å². The minimum Gasteiger partial charge on any atom is -0.451 e. The number of aryl methyl sites for hydroxylation is 1. The third-order valence-corrected chi connectivity index (χ3v) is 5.68. The van der Waals surface area contributed by atoms with E-state index in [-0.39, 0.29) is 4.88 Å². The summed E-state index contributed by atoms with van der Waals surface area (Å²) >= 11 is 1.12. The third-order valence-electron chi connectivity index (χ3n) is 4.60. The Hall–Kier alpha value is -3.52. The number of aromatic nitrogens is 2. The van der Waals surface area contributed by atoms with E-state index in [4.69, 9.17) is 4.74 Å². The molecule has 8 heteroatoms. The number of hydrogen-bond acceptors (Lipinski definition) is 5. The van der Waals surface area contributed by atoms with Crippen LogP contribution in [0.2, 0.25) is 0 Å². The molecule has 4 rings (SSSR count). The van der Waals surface area contributed by atoms with Gasteiger partial charge in [0.15, 0.2) is 6.61 Å². The highest BCUT2D eigenvalue weighted by Gasteiger charge is 2.18. The molecule has 0 radical (unpaired) electrons. The van der Waals surface area contributed by atoms with Crippen molar-refractivity contribution in [1.29, 1.82) is 0 Å². The molecule has 0 bridgehead atoms. The predicted molar refractivity (Wildman–Crippen MR) is 114 cm³/mol. The Bertz CT molecular complexity index is 1250. The molecule has 30 heavy (non-hydrogen) atoms. The molecular formula is C22H18FN3O3S. The monoisotopic (exact) mass is 423 g/mol. The summed E-state index contributed by atoms with van der Waals surface area (Å²) in [7, 11) is 0. The lowest BCUT2D eigenvalue weighted by atomic mass is 10.2. The van der Waals surface area contributed by atoms with Gasteiger partial charge in [-0.25, -0.2) is 13.9 Å². The van der Waals surface area contributed by atoms with Crippen LogP contribution in [0, 0.1) is 19.7 Å². The second kappa shape index (κ2) is 8.08. The maximum absolute atomic E-state index is 13.8. The number of halogens is 1. The first-order chi connectivity index (χ1) is 14.4. The van der Waals surface area contributed by atoms with Gasteiger partial charge in [0.2, 0.25) is 0 Å². The maximum Gasteiger partial charge on any atom is 0.348 e. The van der Waals surface area contributed by atoms with Crippen molar-refractivity contribution >= 4 is 39.0 Å². The number of fused-ring (bicyclic) bond motifs is 1. The number of benzene rings is 2. The summed E-state index contributed by atoms with van der Waals surface area (Å²) in [4.78, 5) is 24.9. The Morgan fingerprint density at radius 1 is 1.13 bits per heavy atom. The number of carbonyl (C=O) groups is 2. The summed E-state index contributed by atoms with van der Waals surface area (Å²) < 4.78 is 21.3. The number of esters is 1. The van der Waals surface area contributed by atoms with E-state index in [1.165, 1.54) is 12.1 Å². The summed E-state index contributed by atoms with van der Waals surface area (Å²) in [6.45, 7) is 3.19. The van der Waals surface area contributed by atoms with Gasteiger partial charge in [0.25, 0.3) is 5.91 Å². The number of rotatable bonds is 5. The van der Waals surface area contributed by atoms with Crippen molar-refractivity contribution < 1.29 is 18.7 Å². The van der Waals surface area contributed by atoms with Gasteiger partial charge < -0.3 is 10.1 Å². The molecule has 0 saturated heterocycles. The number of thiophene rings is 1. The maximum atomic E-state index is 13.8. The van der Waals surface area contributed by atoms with Gasteiger partial charge in [-0.15, -0.1) is 11.3 Å². The number of ether oxygens (including phenoxy) is 1. The lowest BCUT2D eigenvalue weighted by Gasteiger charge is -2.07. The fourth-order valence-electron chi connectivity index (χ4n) is 3.15. The lowest BCUT2D eigenvalue weighted by Crippen LogP contribution is -2.21. The molecule has 2 heterocycles. The van der Waals surface area contributed by atoms with E-state index in [1.54, 1.807) is 23.7 Å². The minimum absolute atomic E-state index is 0.243. The molecule has 0 fully saturated rings. The van der Waals surface area contributed by atoms with Crippen LogP contribution in [-0.2, 0) is 9.53 Å². The van der Waals surface area contributed by atoms with Crippen LogP contribution in [0.3, 0.4) is 0 Å². The molecule has 152 valence electrons. The molecule has 0 saturated carbocycles. The Morgan fingerprint density at radius 2 is 1.90 bits per heavy atom. The van der Waals surface area contributed by atoms with E-state index in [0.717, 1.165) is 22.7 Å². The number of para-hydroxylation sites is 1. The highest BCUT2D eigenvalue weighted by molar-refractivity contribution is 7.20. The molecule has 1 N–H and O–H groups in total. The van der Waals surface area contributed by atoms with Crippen LogP contribution in [0.1, 0.15) is 21.1 Å². The first-order valence-corrected chi connectivity index (χ1v) is 10.0. The average molecular weight is 423 g/mol. The standard InChI is InChI=1S/C22H18FN3O3S/c1-13-21(14(2)26(25-13)15-7-4-3-5-8-15)24-20(27)12-29-22(28)19-11-16-17(23)9-6-10-18(16)30-19/h3-11H,12H2,1-2H3,(H,24,27). The quantitative estimate of drug-likeness (QED) is 0.475. The van der Waals surface area contributed by atoms with Crippen molar-refractivity contribution in [3.8, 4) is 5.69 Å². The topological polar surface area (TPSA) is 73.2 Å². The van der Waals surface area contributed by atoms with Gasteiger partial charge in [0.05, 0.1) is 22.8 Å². The van der Waals surface area contributed by atoms with E-state index in [9.17, 15) is 14.0 Å². The number of anilines is 1. The number of nitrogens with zero attached hydrogens (tertiary/aromatic N) is 2. The van der Waals surface area contributed by atoms with E-state index in [0.29, 0.717) is 21.5 Å². The van der Waals surface area contributed by atoms with E-state index in [1.807, 2.05) is 37.3 Å². The summed E-state index contributed by atoms with van der Waals surface area (Å²) in [6.07, 6.45) is 0. The van der Waals surface area contributed by atoms with Crippen LogP contribution in [0.5, 0.6) is 0 Å². The average Bonchev–Trinajstić information content (AvgIpc) is 3.30. The Balaban J connectivity index is 1.43. The van der Waals surface area contributed by atoms with Gasteiger partial charge in [-0.05, 0) is 44.2 Å². The van der Waals surface area contributed by atoms with Crippen molar-refractivity contribution in [2.45, 2.75) is 13.8 Å². The molecule has 1 amide bonds. The van der Waals surface area contributed by atoms with Crippen molar-refractivity contribution in [2.75, 3.05) is 11.9 Å². The fourth-order valence-corrected chi connectivity index (χ4v) is 4.12. The highest BCUT2D eigenvalue weighted by Crippen LogP contribution is 2.28. The van der Waals surface area contributed by atoms with Crippen LogP contribution in [0.4, 0.5) is 10.1 Å². The molecular weight excluding hydrogens is 405 g/mol. The summed E-state index contributed by atoms with van der Waals surface area (Å²) in [5.41, 5.74) is 2.86. The Morgan fingerprint density at radius 3 is 2.63 bits per heavy atom. The first kappa shape index (κ1) is 19.8. The Labute approximate surface area is 175 Å². The minimum atomic E-state index is -0.667. The van der Waals surface area contributed by atoms with Gasteiger partial charge in [-0.3, -0.25) is 4.79 Å². The second-order valence-electron chi connectivity index (χ2n) is 6.68. The number of nitrogens with one attached hydrogen (secondary N) is 1. The van der Waals surface area contributed by atoms with Gasteiger partial charge in [0, 0.05) is 10.1 Å². The van der Waals surface area contributed by atoms with Crippen molar-refractivity contribution in [3.05, 3.63) is 76.7 Å². The molecule has 2 aromatic heterocycles. The van der Waals surface area contributed by atoms with Crippen LogP contribution in [0.25, 0.3) is 15.8 Å². The van der Waals surface area contributed by atoms with Gasteiger partial charge in [-0.1, -0.05) is 24.3 Å². The largest absolute Gasteiger partial charge is 0.451 e. The van der Waals surface area contributed by atoms with Crippen molar-refractivity contribution in [1.82, 2.24) is 9.78 Å². The van der Waals surface area contributed by atoms with Gasteiger partial charge in [-0.2, -0.15) is 5.10 Å². The summed E-state index contributed by atoms with van der Waals surface area (Å²) in [6, 6.07) is 15.6. The predicted octanol–water partition coefficient (Wildman–Crippen LogP) is 4.64. The normalized spacial score (nSPS) is 10.9. The highest BCUT2D eigenvalue weighted by atomic mass is 32.1. The molecule has 2 aromatic carbocycles. The van der Waals surface area contributed by atoms with E-state index in [2.05, 4.69) is 10.4 Å². The number of hydrogen-bond donors (Lipinski definition) is 1. The lowest BCUT2D eigenvalue weighted by molar-refractivity contribution is -0.119. The smallest absolute Gasteiger partial charge is 0.348 e. The van der Waals surface area contributed by atoms with Crippen LogP contribution < -0.4 is 5.32 Å². The first-order valence-electron chi connectivity index (χ1n) is 9.20. The molecule has 0 spiro atoms. The summed E-state index contributed by atoms with van der Waals surface area (Å²) in [5, 5.41) is 7.58. The zero-order valence-corrected chi connectivity index (χ0v) is 17.1. The van der Waals surface area contributed by atoms with Gasteiger partial charge >= 0.3 is 5.97 Å². The third kappa shape index (κ3) is 3.81. The van der Waals surface area contributed by atoms with E-state index < -0.39 is 24.3 Å². The van der Waals surface area contributed by atoms with Crippen LogP contribution in [-0.4, -0.2) is 28.3 Å². The molecule has 0 aliphatic rings. The van der Waals surface area contributed by atoms with E-state index >= 15 is 0 Å². The molecule has 0 atom stereocenters. The second-order valence-corrected chi connectivity index (χ2v) is 7.76. The van der Waals surface area contributed by atoms with Gasteiger partial charge in [0.1, 0.15) is 10.7 Å². The zero-order chi connectivity index (χ0) is 21.3. The van der Waals surface area contributed by atoms with Crippen molar-refractivity contribution in [2.24, 2.45) is 0 Å². The molecule has 0 aliphatic carbocycles. The zero-order valence-electron chi connectivity index (χ0n) is 16.3. The molecule has 6 nitrogen and oxygen atoms in total. The fraction of sp³-hybridized carbons (Fsp3) is 0.136. The molecule has 0 unspecified atom stereocenters. The van der Waals surface area contributed by atoms with Crippen LogP contribution in [0.15, 0.2) is 54.6 Å².